The van der Waals surface area contributed by atoms with Crippen LogP contribution in [0.5, 0.6) is 0 Å². The van der Waals surface area contributed by atoms with E-state index in [0.717, 1.165) is 39.3 Å². The standard InChI is InChI=1S/2C22H26N2.C2H2O4/c2*1-2-3-15-24-16-14-23-21(24)20-17-22(20,18-10-6-4-7-11-18)19-12-8-5-9-13-19;3-1(4)2(5)6/h2*4-13,20H,2-3,14-17H2,1H3;(H,3,4)(H,5,6)/p-2. The van der Waals surface area contributed by atoms with Crippen LogP contribution in [0.25, 0.3) is 0 Å². The normalized spacial score (nSPS) is 20.0. The minimum atomic E-state index is -2.19. The Hall–Kier alpha value is -5.24. The number of aliphatic carboxylic acids is 2. The Morgan fingerprint density at radius 1 is 0.556 bits per heavy atom. The molecule has 2 unspecified atom stereocenters. The van der Waals surface area contributed by atoms with Gasteiger partial charge in [0.2, 0.25) is 0 Å². The molecule has 2 atom stereocenters. The number of rotatable bonds is 12. The molecule has 2 heterocycles. The Kier molecular flexibility index (Phi) is 12.6. The van der Waals surface area contributed by atoms with E-state index >= 15 is 0 Å². The summed E-state index contributed by atoms with van der Waals surface area (Å²) in [5, 5.41) is 17.9. The second kappa shape index (κ2) is 17.7. The fourth-order valence-corrected chi connectivity index (χ4v) is 8.51. The molecule has 8 nitrogen and oxygen atoms in total. The van der Waals surface area contributed by atoms with Gasteiger partial charge in [-0.3, -0.25) is 9.98 Å². The van der Waals surface area contributed by atoms with Gasteiger partial charge in [-0.1, -0.05) is 148 Å². The molecule has 0 saturated heterocycles. The lowest BCUT2D eigenvalue weighted by Crippen LogP contribution is -2.42. The number of carbonyl (C=O) groups is 2. The maximum absolute atomic E-state index is 8.93. The lowest BCUT2D eigenvalue weighted by Gasteiger charge is -2.24. The van der Waals surface area contributed by atoms with E-state index in [1.54, 1.807) is 0 Å². The van der Waals surface area contributed by atoms with Crippen LogP contribution < -0.4 is 10.2 Å². The Balaban J connectivity index is 0.000000160. The zero-order valence-corrected chi connectivity index (χ0v) is 31.6. The number of hydrogen-bond acceptors (Lipinski definition) is 8. The van der Waals surface area contributed by atoms with Gasteiger partial charge in [-0.2, -0.15) is 0 Å². The van der Waals surface area contributed by atoms with Gasteiger partial charge in [0.05, 0.1) is 25.0 Å². The Morgan fingerprint density at radius 2 is 0.852 bits per heavy atom. The average Bonchev–Trinajstić information content (AvgIpc) is 4.03. The van der Waals surface area contributed by atoms with Crippen molar-refractivity contribution in [3.8, 4) is 0 Å². The molecule has 2 fully saturated rings. The highest BCUT2D eigenvalue weighted by atomic mass is 16.4. The predicted molar refractivity (Wildman–Crippen MR) is 211 cm³/mol. The minimum Gasteiger partial charge on any atom is -0.543 e. The molecule has 8 rings (SSSR count). The van der Waals surface area contributed by atoms with Crippen LogP contribution >= 0.6 is 0 Å². The number of benzene rings is 4. The first-order valence-corrected chi connectivity index (χ1v) is 19.6. The molecular weight excluding hydrogens is 673 g/mol. The van der Waals surface area contributed by atoms with Crippen LogP contribution in [-0.4, -0.2) is 72.7 Å². The van der Waals surface area contributed by atoms with Crippen LogP contribution in [0, 0.1) is 11.8 Å². The van der Waals surface area contributed by atoms with E-state index in [9.17, 15) is 0 Å². The van der Waals surface area contributed by atoms with Crippen molar-refractivity contribution in [3.63, 3.8) is 0 Å². The minimum absolute atomic E-state index is 0.121. The van der Waals surface area contributed by atoms with Gasteiger partial charge in [-0.05, 0) is 47.9 Å². The van der Waals surface area contributed by atoms with Crippen molar-refractivity contribution in [2.24, 2.45) is 21.8 Å². The van der Waals surface area contributed by atoms with Crippen LogP contribution in [0.4, 0.5) is 0 Å². The second-order valence-corrected chi connectivity index (χ2v) is 14.7. The fraction of sp³-hybridized carbons (Fsp3) is 0.391. The highest BCUT2D eigenvalue weighted by molar-refractivity contribution is 6.25. The number of nitrogens with zero attached hydrogens (tertiary/aromatic N) is 4. The molecule has 8 heteroatoms. The molecule has 4 aromatic carbocycles. The Bertz CT molecular complexity index is 1660. The van der Waals surface area contributed by atoms with E-state index < -0.39 is 11.9 Å². The first-order valence-electron chi connectivity index (χ1n) is 19.6. The van der Waals surface area contributed by atoms with Gasteiger partial charge in [0.15, 0.2) is 0 Å². The zero-order chi connectivity index (χ0) is 38.0. The van der Waals surface area contributed by atoms with E-state index in [0.29, 0.717) is 11.8 Å². The van der Waals surface area contributed by atoms with Crippen molar-refractivity contribution >= 4 is 23.6 Å². The van der Waals surface area contributed by atoms with Gasteiger partial charge in [0, 0.05) is 48.8 Å². The van der Waals surface area contributed by atoms with Crippen LogP contribution in [-0.2, 0) is 20.4 Å². The van der Waals surface area contributed by atoms with Gasteiger partial charge in [0.1, 0.15) is 11.7 Å². The van der Waals surface area contributed by atoms with E-state index in [2.05, 4.69) is 145 Å². The molecule has 2 aliphatic heterocycles. The van der Waals surface area contributed by atoms with E-state index in [1.165, 1.54) is 72.4 Å². The topological polar surface area (TPSA) is 111 Å². The number of carboxylic acids is 2. The molecule has 0 N–H and O–H groups in total. The highest BCUT2D eigenvalue weighted by Crippen LogP contribution is 2.61. The maximum atomic E-state index is 8.93. The third kappa shape index (κ3) is 8.28. The quantitative estimate of drug-likeness (QED) is 0.179. The van der Waals surface area contributed by atoms with Crippen LogP contribution in [0.3, 0.4) is 0 Å². The van der Waals surface area contributed by atoms with Crippen molar-refractivity contribution < 1.29 is 19.8 Å². The second-order valence-electron chi connectivity index (χ2n) is 14.7. The largest absolute Gasteiger partial charge is 0.543 e. The van der Waals surface area contributed by atoms with Crippen molar-refractivity contribution in [1.29, 1.82) is 0 Å². The number of hydrogen-bond donors (Lipinski definition) is 0. The molecule has 0 spiro atoms. The van der Waals surface area contributed by atoms with E-state index in [-0.39, 0.29) is 10.8 Å². The lowest BCUT2D eigenvalue weighted by atomic mass is 9.85. The Morgan fingerprint density at radius 3 is 1.11 bits per heavy atom. The predicted octanol–water partition coefficient (Wildman–Crippen LogP) is 5.50. The van der Waals surface area contributed by atoms with E-state index in [4.69, 9.17) is 29.8 Å². The number of carbonyl (C=O) groups excluding carboxylic acids is 2. The lowest BCUT2D eigenvalue weighted by molar-refractivity contribution is -0.345. The fourth-order valence-electron chi connectivity index (χ4n) is 8.51. The summed E-state index contributed by atoms with van der Waals surface area (Å²) in [5.74, 6) is -0.597. The van der Waals surface area contributed by atoms with Crippen molar-refractivity contribution in [2.75, 3.05) is 39.3 Å². The summed E-state index contributed by atoms with van der Waals surface area (Å²) in [4.78, 5) is 32.8. The van der Waals surface area contributed by atoms with Crippen LogP contribution in [0.1, 0.15) is 74.6 Å². The monoisotopic (exact) mass is 724 g/mol. The molecule has 4 aromatic rings. The zero-order valence-electron chi connectivity index (χ0n) is 31.6. The molecular formula is C46H52N4O4-2. The van der Waals surface area contributed by atoms with Gasteiger partial charge < -0.3 is 29.6 Å². The first-order chi connectivity index (χ1) is 26.4. The summed E-state index contributed by atoms with van der Waals surface area (Å²) >= 11 is 0. The van der Waals surface area contributed by atoms with Gasteiger partial charge in [-0.15, -0.1) is 0 Å². The van der Waals surface area contributed by atoms with Crippen molar-refractivity contribution in [2.45, 2.75) is 63.2 Å². The van der Waals surface area contributed by atoms with Gasteiger partial charge in [-0.25, -0.2) is 0 Å². The summed E-state index contributed by atoms with van der Waals surface area (Å²) in [6, 6.07) is 44.1. The summed E-state index contributed by atoms with van der Waals surface area (Å²) in [6.07, 6.45) is 7.38. The molecule has 2 aliphatic carbocycles. The molecule has 54 heavy (non-hydrogen) atoms. The molecule has 4 aliphatic rings. The number of carboxylic acid groups (broad SMARTS) is 2. The maximum Gasteiger partial charge on any atom is 0.103 e. The van der Waals surface area contributed by atoms with Crippen molar-refractivity contribution in [1.82, 2.24) is 9.80 Å². The van der Waals surface area contributed by atoms with Gasteiger partial charge >= 0.3 is 0 Å². The third-order valence-electron chi connectivity index (χ3n) is 11.4. The van der Waals surface area contributed by atoms with Crippen molar-refractivity contribution in [3.05, 3.63) is 144 Å². The summed E-state index contributed by atoms with van der Waals surface area (Å²) < 4.78 is 0. The smallest absolute Gasteiger partial charge is 0.103 e. The molecule has 0 bridgehead atoms. The van der Waals surface area contributed by atoms with E-state index in [1.807, 2.05) is 0 Å². The molecule has 0 radical (unpaired) electrons. The molecule has 0 aromatic heterocycles. The number of unbranched alkanes of at least 4 members (excludes halogenated alkanes) is 2. The number of aliphatic imine (C=N–C) groups is 2. The summed E-state index contributed by atoms with van der Waals surface area (Å²) in [5.41, 5.74) is 5.99. The first kappa shape index (κ1) is 38.5. The van der Waals surface area contributed by atoms with Gasteiger partial charge in [0.25, 0.3) is 0 Å². The molecule has 0 amide bonds. The third-order valence-corrected chi connectivity index (χ3v) is 11.4. The SMILES string of the molecule is CCCCN1CCN=C1C1CC1(c1ccccc1)c1ccccc1.CCCCN1CCN=C1C1CC1(c1ccccc1)c1ccccc1.O=C([O-])C(=O)[O-]. The van der Waals surface area contributed by atoms with Crippen LogP contribution in [0.15, 0.2) is 131 Å². The summed E-state index contributed by atoms with van der Waals surface area (Å²) in [6.45, 7) is 11.0. The van der Waals surface area contributed by atoms with Crippen LogP contribution in [0.2, 0.25) is 0 Å². The highest BCUT2D eigenvalue weighted by Gasteiger charge is 2.61. The Labute approximate surface area is 320 Å². The number of amidine groups is 2. The summed E-state index contributed by atoms with van der Waals surface area (Å²) in [7, 11) is 0. The molecule has 2 saturated carbocycles. The molecule has 282 valence electrons. The average molecular weight is 725 g/mol.